The van der Waals surface area contributed by atoms with E-state index in [4.69, 9.17) is 9.47 Å². The fourth-order valence-corrected chi connectivity index (χ4v) is 4.54. The molecule has 4 nitrogen and oxygen atoms in total. The molecule has 1 aliphatic carbocycles. The second-order valence-corrected chi connectivity index (χ2v) is 8.61. The van der Waals surface area contributed by atoms with E-state index in [2.05, 4.69) is 65.6 Å². The predicted molar refractivity (Wildman–Crippen MR) is 126 cm³/mol. The SMILES string of the molecule is COc1ccc(C2=CC(=C3CCC3)N3C=C(C4=CCN(C)CC4)C=CC3=C2)cc1OC. The number of likely N-dealkylation sites (N-methyl/N-ethyl adjacent to an activating group) is 1. The first-order valence-corrected chi connectivity index (χ1v) is 11.1. The summed E-state index contributed by atoms with van der Waals surface area (Å²) in [4.78, 5) is 4.76. The van der Waals surface area contributed by atoms with E-state index in [1.165, 1.54) is 47.4 Å². The zero-order valence-corrected chi connectivity index (χ0v) is 18.6. The zero-order chi connectivity index (χ0) is 21.4. The molecule has 0 saturated heterocycles. The Labute approximate surface area is 185 Å². The summed E-state index contributed by atoms with van der Waals surface area (Å²) in [5, 5.41) is 0. The monoisotopic (exact) mass is 414 g/mol. The van der Waals surface area contributed by atoms with Gasteiger partial charge in [0.25, 0.3) is 0 Å². The predicted octanol–water partition coefficient (Wildman–Crippen LogP) is 5.44. The van der Waals surface area contributed by atoms with Crippen LogP contribution in [0, 0.1) is 0 Å². The largest absolute Gasteiger partial charge is 0.493 e. The van der Waals surface area contributed by atoms with Gasteiger partial charge in [0.05, 0.1) is 14.2 Å². The topological polar surface area (TPSA) is 24.9 Å². The minimum Gasteiger partial charge on any atom is -0.493 e. The summed E-state index contributed by atoms with van der Waals surface area (Å²) in [5.41, 5.74) is 9.26. The molecule has 1 aromatic rings. The number of hydrogen-bond acceptors (Lipinski definition) is 4. The number of benzene rings is 1. The van der Waals surface area contributed by atoms with Gasteiger partial charge >= 0.3 is 0 Å². The molecule has 0 atom stereocenters. The molecule has 0 spiro atoms. The van der Waals surface area contributed by atoms with Gasteiger partial charge in [0.15, 0.2) is 11.5 Å². The standard InChI is InChI=1S/C27H30N2O2/c1-28-13-11-19(12-14-28)22-7-9-24-15-23(16-25(29(24)18-22)20-5-4-6-20)21-8-10-26(30-2)27(17-21)31-3/h7-11,15-18H,4-6,12-14H2,1-3H3. The van der Waals surface area contributed by atoms with Crippen LogP contribution in [0.5, 0.6) is 11.5 Å². The maximum atomic E-state index is 5.54. The second-order valence-electron chi connectivity index (χ2n) is 8.61. The molecule has 1 fully saturated rings. The highest BCUT2D eigenvalue weighted by molar-refractivity contribution is 5.81. The van der Waals surface area contributed by atoms with E-state index in [-0.39, 0.29) is 0 Å². The van der Waals surface area contributed by atoms with Crippen LogP contribution in [0.4, 0.5) is 0 Å². The Morgan fingerprint density at radius 1 is 0.903 bits per heavy atom. The van der Waals surface area contributed by atoms with E-state index < -0.39 is 0 Å². The third-order valence-corrected chi connectivity index (χ3v) is 6.65. The van der Waals surface area contributed by atoms with Crippen molar-refractivity contribution in [2.24, 2.45) is 0 Å². The molecular weight excluding hydrogens is 384 g/mol. The van der Waals surface area contributed by atoms with Gasteiger partial charge < -0.3 is 19.3 Å². The second kappa shape index (κ2) is 8.27. The van der Waals surface area contributed by atoms with Crippen LogP contribution in [0.1, 0.15) is 31.2 Å². The normalized spacial score (nSPS) is 20.9. The first-order chi connectivity index (χ1) is 15.2. The first-order valence-electron chi connectivity index (χ1n) is 11.1. The molecule has 3 heterocycles. The quantitative estimate of drug-likeness (QED) is 0.655. The van der Waals surface area contributed by atoms with Crippen molar-refractivity contribution in [3.05, 3.63) is 88.5 Å². The summed E-state index contributed by atoms with van der Waals surface area (Å²) < 4.78 is 11.0. The van der Waals surface area contributed by atoms with Crippen LogP contribution in [-0.2, 0) is 0 Å². The van der Waals surface area contributed by atoms with E-state index in [0.29, 0.717) is 0 Å². The summed E-state index contributed by atoms with van der Waals surface area (Å²) in [6, 6.07) is 6.16. The van der Waals surface area contributed by atoms with Gasteiger partial charge in [-0.3, -0.25) is 0 Å². The molecule has 3 aliphatic heterocycles. The number of fused-ring (bicyclic) bond motifs is 1. The van der Waals surface area contributed by atoms with Crippen molar-refractivity contribution in [3.63, 3.8) is 0 Å². The third kappa shape index (κ3) is 3.77. The lowest BCUT2D eigenvalue weighted by atomic mass is 9.86. The summed E-state index contributed by atoms with van der Waals surface area (Å²) in [5.74, 6) is 1.51. The van der Waals surface area contributed by atoms with Crippen molar-refractivity contribution < 1.29 is 9.47 Å². The molecule has 4 aliphatic rings. The smallest absolute Gasteiger partial charge is 0.161 e. The number of nitrogens with zero attached hydrogens (tertiary/aromatic N) is 2. The van der Waals surface area contributed by atoms with Crippen molar-refractivity contribution in [2.75, 3.05) is 34.4 Å². The highest BCUT2D eigenvalue weighted by atomic mass is 16.5. The molecule has 1 saturated carbocycles. The molecule has 4 heteroatoms. The van der Waals surface area contributed by atoms with Crippen LogP contribution in [0.25, 0.3) is 5.57 Å². The molecule has 31 heavy (non-hydrogen) atoms. The molecule has 0 N–H and O–H groups in total. The molecule has 0 radical (unpaired) electrons. The fourth-order valence-electron chi connectivity index (χ4n) is 4.54. The first kappa shape index (κ1) is 20.0. The van der Waals surface area contributed by atoms with Crippen molar-refractivity contribution in [2.45, 2.75) is 25.7 Å². The van der Waals surface area contributed by atoms with Crippen LogP contribution in [0.15, 0.2) is 82.9 Å². The Kier molecular flexibility index (Phi) is 5.33. The maximum Gasteiger partial charge on any atom is 0.161 e. The van der Waals surface area contributed by atoms with E-state index in [1.807, 2.05) is 6.07 Å². The van der Waals surface area contributed by atoms with Crippen LogP contribution in [0.3, 0.4) is 0 Å². The molecule has 160 valence electrons. The Morgan fingerprint density at radius 2 is 1.74 bits per heavy atom. The highest BCUT2D eigenvalue weighted by Crippen LogP contribution is 2.41. The van der Waals surface area contributed by atoms with E-state index in [0.717, 1.165) is 36.6 Å². The van der Waals surface area contributed by atoms with Crippen LogP contribution < -0.4 is 9.47 Å². The Morgan fingerprint density at radius 3 is 2.42 bits per heavy atom. The van der Waals surface area contributed by atoms with Crippen molar-refractivity contribution in [3.8, 4) is 11.5 Å². The van der Waals surface area contributed by atoms with Crippen molar-refractivity contribution in [1.29, 1.82) is 0 Å². The van der Waals surface area contributed by atoms with Crippen LogP contribution in [-0.4, -0.2) is 44.2 Å². The van der Waals surface area contributed by atoms with E-state index in [1.54, 1.807) is 19.8 Å². The summed E-state index contributed by atoms with van der Waals surface area (Å²) >= 11 is 0. The molecule has 0 amide bonds. The Bertz CT molecular complexity index is 1080. The van der Waals surface area contributed by atoms with Crippen LogP contribution >= 0.6 is 0 Å². The molecule has 5 rings (SSSR count). The molecule has 1 aromatic carbocycles. The van der Waals surface area contributed by atoms with Gasteiger partial charge in [-0.15, -0.1) is 0 Å². The summed E-state index contributed by atoms with van der Waals surface area (Å²) in [6.07, 6.45) is 18.6. The number of hydrogen-bond donors (Lipinski definition) is 0. The number of ether oxygens (including phenoxy) is 2. The van der Waals surface area contributed by atoms with E-state index >= 15 is 0 Å². The molecule has 0 aromatic heterocycles. The molecule has 0 unspecified atom stereocenters. The van der Waals surface area contributed by atoms with Gasteiger partial charge in [0.2, 0.25) is 0 Å². The number of allylic oxidation sites excluding steroid dienone is 7. The van der Waals surface area contributed by atoms with Gasteiger partial charge in [0.1, 0.15) is 0 Å². The molecule has 0 bridgehead atoms. The van der Waals surface area contributed by atoms with Crippen LogP contribution in [0.2, 0.25) is 0 Å². The highest BCUT2D eigenvalue weighted by Gasteiger charge is 2.26. The van der Waals surface area contributed by atoms with Gasteiger partial charge in [0, 0.05) is 30.7 Å². The van der Waals surface area contributed by atoms with Crippen molar-refractivity contribution >= 4 is 5.57 Å². The zero-order valence-electron chi connectivity index (χ0n) is 18.6. The number of rotatable bonds is 4. The average Bonchev–Trinajstić information content (AvgIpc) is 2.77. The minimum atomic E-state index is 0.756. The third-order valence-electron chi connectivity index (χ3n) is 6.65. The van der Waals surface area contributed by atoms with Gasteiger partial charge in [-0.2, -0.15) is 0 Å². The summed E-state index contributed by atoms with van der Waals surface area (Å²) in [6.45, 7) is 2.15. The lowest BCUT2D eigenvalue weighted by Crippen LogP contribution is -2.26. The van der Waals surface area contributed by atoms with Gasteiger partial charge in [-0.1, -0.05) is 18.2 Å². The Hall–Kier alpha value is -2.98. The molecular formula is C27H30N2O2. The lowest BCUT2D eigenvalue weighted by molar-refractivity contribution is 0.355. The average molecular weight is 415 g/mol. The fraction of sp³-hybridized carbons (Fsp3) is 0.333. The van der Waals surface area contributed by atoms with Gasteiger partial charge in [-0.25, -0.2) is 0 Å². The Balaban J connectivity index is 1.52. The van der Waals surface area contributed by atoms with Crippen molar-refractivity contribution in [1.82, 2.24) is 9.80 Å². The lowest BCUT2D eigenvalue weighted by Gasteiger charge is -2.35. The maximum absolute atomic E-state index is 5.54. The van der Waals surface area contributed by atoms with Gasteiger partial charge in [-0.05, 0) is 90.9 Å². The minimum absolute atomic E-state index is 0.756. The number of methoxy groups -OCH3 is 2. The van der Waals surface area contributed by atoms with E-state index in [9.17, 15) is 0 Å². The summed E-state index contributed by atoms with van der Waals surface area (Å²) in [7, 11) is 5.54.